The van der Waals surface area contributed by atoms with Crippen molar-refractivity contribution in [2.45, 2.75) is 25.8 Å². The summed E-state index contributed by atoms with van der Waals surface area (Å²) in [6.45, 7) is 4.07. The minimum absolute atomic E-state index is 0.0156. The summed E-state index contributed by atoms with van der Waals surface area (Å²) >= 11 is 1.33. The molecule has 108 valence electrons. The van der Waals surface area contributed by atoms with Crippen LogP contribution in [0.1, 0.15) is 25.8 Å². The number of carbonyl (C=O) groups is 1. The molecule has 1 aromatic carbocycles. The largest absolute Gasteiger partial charge is 0.504 e. The fourth-order valence-electron chi connectivity index (χ4n) is 1.77. The average Bonchev–Trinajstić information content (AvgIpc) is 2.81. The van der Waals surface area contributed by atoms with Gasteiger partial charge in [-0.3, -0.25) is 4.99 Å². The number of aromatic hydroxyl groups is 1. The van der Waals surface area contributed by atoms with Gasteiger partial charge in [-0.1, -0.05) is 13.0 Å². The predicted octanol–water partition coefficient (Wildman–Crippen LogP) is 2.52. The number of ether oxygens (including phenoxy) is 1. The number of phenols is 1. The van der Waals surface area contributed by atoms with Crippen LogP contribution in [0.3, 0.4) is 0 Å². The Bertz CT molecular complexity index is 558. The van der Waals surface area contributed by atoms with E-state index in [4.69, 9.17) is 9.84 Å². The molecule has 20 heavy (non-hydrogen) atoms. The molecule has 1 aromatic rings. The zero-order valence-electron chi connectivity index (χ0n) is 11.4. The zero-order chi connectivity index (χ0) is 14.8. The van der Waals surface area contributed by atoms with Gasteiger partial charge in [-0.15, -0.1) is 11.8 Å². The van der Waals surface area contributed by atoms with Gasteiger partial charge in [0.2, 0.25) is 0 Å². The number of phenolic OH excluding ortho intramolecular Hbond substituents is 1. The van der Waals surface area contributed by atoms with Crippen LogP contribution in [0, 0.1) is 0 Å². The van der Waals surface area contributed by atoms with Gasteiger partial charge in [0.05, 0.1) is 12.2 Å². The number of nitrogens with zero attached hydrogens (tertiary/aromatic N) is 1. The van der Waals surface area contributed by atoms with Gasteiger partial charge in [-0.25, -0.2) is 4.79 Å². The topological polar surface area (TPSA) is 79.1 Å². The van der Waals surface area contributed by atoms with Crippen molar-refractivity contribution in [3.05, 3.63) is 23.8 Å². The van der Waals surface area contributed by atoms with E-state index in [9.17, 15) is 9.90 Å². The van der Waals surface area contributed by atoms with E-state index in [1.165, 1.54) is 11.8 Å². The van der Waals surface area contributed by atoms with Crippen LogP contribution >= 0.6 is 11.8 Å². The van der Waals surface area contributed by atoms with Gasteiger partial charge < -0.3 is 14.9 Å². The second kappa shape index (κ2) is 5.75. The van der Waals surface area contributed by atoms with Crippen molar-refractivity contribution < 1.29 is 19.7 Å². The van der Waals surface area contributed by atoms with Gasteiger partial charge in [-0.05, 0) is 25.5 Å². The summed E-state index contributed by atoms with van der Waals surface area (Å²) in [6.07, 6.45) is 0.844. The lowest BCUT2D eigenvalue weighted by atomic mass is 10.1. The maximum Gasteiger partial charge on any atom is 0.332 e. The summed E-state index contributed by atoms with van der Waals surface area (Å²) in [7, 11) is 0. The lowest BCUT2D eigenvalue weighted by Crippen LogP contribution is -2.33. The molecule has 0 aromatic heterocycles. The smallest absolute Gasteiger partial charge is 0.332 e. The Hall–Kier alpha value is -1.69. The second-order valence-corrected chi connectivity index (χ2v) is 5.75. The molecule has 0 saturated carbocycles. The molecule has 6 heteroatoms. The van der Waals surface area contributed by atoms with E-state index >= 15 is 0 Å². The molecule has 0 bridgehead atoms. The summed E-state index contributed by atoms with van der Waals surface area (Å²) in [6, 6.07) is 5.16. The van der Waals surface area contributed by atoms with Crippen molar-refractivity contribution in [2.75, 3.05) is 12.4 Å². The Morgan fingerprint density at radius 1 is 1.55 bits per heavy atom. The fourth-order valence-corrected chi connectivity index (χ4v) is 2.96. The van der Waals surface area contributed by atoms with E-state index in [1.54, 1.807) is 25.1 Å². The number of aliphatic imine (C=N–C) groups is 1. The molecule has 0 aliphatic carbocycles. The van der Waals surface area contributed by atoms with Crippen LogP contribution in [0.5, 0.6) is 11.5 Å². The number of para-hydroxylation sites is 1. The Morgan fingerprint density at radius 2 is 2.30 bits per heavy atom. The van der Waals surface area contributed by atoms with E-state index < -0.39 is 11.5 Å². The van der Waals surface area contributed by atoms with E-state index in [2.05, 4.69) is 4.99 Å². The molecule has 2 N–H and O–H groups in total. The summed E-state index contributed by atoms with van der Waals surface area (Å²) in [5.41, 5.74) is -0.610. The van der Waals surface area contributed by atoms with Crippen molar-refractivity contribution in [3.8, 4) is 11.5 Å². The maximum absolute atomic E-state index is 11.2. The van der Waals surface area contributed by atoms with Gasteiger partial charge in [0.1, 0.15) is 5.04 Å². The Labute approximate surface area is 121 Å². The minimum atomic E-state index is -1.13. The van der Waals surface area contributed by atoms with Gasteiger partial charge in [0, 0.05) is 5.75 Å². The molecule has 5 nitrogen and oxygen atoms in total. The summed E-state index contributed by atoms with van der Waals surface area (Å²) in [5.74, 6) is -0.187. The molecular weight excluding hydrogens is 278 g/mol. The lowest BCUT2D eigenvalue weighted by Gasteiger charge is -2.12. The van der Waals surface area contributed by atoms with Crippen LogP contribution < -0.4 is 4.74 Å². The first-order valence-corrected chi connectivity index (χ1v) is 7.37. The van der Waals surface area contributed by atoms with E-state index in [-0.39, 0.29) is 5.75 Å². The van der Waals surface area contributed by atoms with Crippen LogP contribution in [0.25, 0.3) is 0 Å². The third kappa shape index (κ3) is 2.75. The van der Waals surface area contributed by atoms with Crippen LogP contribution in [-0.4, -0.2) is 39.1 Å². The van der Waals surface area contributed by atoms with Crippen molar-refractivity contribution in [3.63, 3.8) is 0 Å². The highest BCUT2D eigenvalue weighted by atomic mass is 32.2. The normalized spacial score (nSPS) is 21.6. The van der Waals surface area contributed by atoms with Crippen molar-refractivity contribution in [1.29, 1.82) is 0 Å². The summed E-state index contributed by atoms with van der Waals surface area (Å²) in [5, 5.41) is 19.9. The zero-order valence-corrected chi connectivity index (χ0v) is 12.2. The molecular formula is C14H17NO4S. The number of aliphatic carboxylic acids is 1. The Kier molecular flexibility index (Phi) is 4.23. The first-order chi connectivity index (χ1) is 9.48. The summed E-state index contributed by atoms with van der Waals surface area (Å²) < 4.78 is 5.46. The minimum Gasteiger partial charge on any atom is -0.504 e. The maximum atomic E-state index is 11.2. The average molecular weight is 295 g/mol. The second-order valence-electron chi connectivity index (χ2n) is 4.79. The highest BCUT2D eigenvalue weighted by molar-refractivity contribution is 8.14. The van der Waals surface area contributed by atoms with E-state index in [0.29, 0.717) is 28.7 Å². The predicted molar refractivity (Wildman–Crippen MR) is 78.9 cm³/mol. The quantitative estimate of drug-likeness (QED) is 0.872. The van der Waals surface area contributed by atoms with Crippen LogP contribution in [0.2, 0.25) is 0 Å². The number of rotatable bonds is 5. The third-order valence-corrected chi connectivity index (χ3v) is 4.28. The molecule has 2 rings (SSSR count). The van der Waals surface area contributed by atoms with Gasteiger partial charge in [-0.2, -0.15) is 0 Å². The van der Waals surface area contributed by atoms with Crippen LogP contribution in [0.15, 0.2) is 23.2 Å². The van der Waals surface area contributed by atoms with Gasteiger partial charge in [0.25, 0.3) is 0 Å². The monoisotopic (exact) mass is 295 g/mol. The lowest BCUT2D eigenvalue weighted by molar-refractivity contribution is -0.141. The standard InChI is InChI=1S/C14H17NO4S/c1-3-7-19-10-6-4-5-9(11(10)16)12-15-14(2,8-20-12)13(17)18/h4-6,16H,3,7-8H2,1-2H3,(H,17,18)/t14-/m1/s1. The van der Waals surface area contributed by atoms with Crippen LogP contribution in [0.4, 0.5) is 0 Å². The molecule has 0 radical (unpaired) electrons. The number of thioether (sulfide) groups is 1. The number of carboxylic acid groups (broad SMARTS) is 1. The Morgan fingerprint density at radius 3 is 2.90 bits per heavy atom. The van der Waals surface area contributed by atoms with E-state index in [1.807, 2.05) is 6.92 Å². The van der Waals surface area contributed by atoms with Gasteiger partial charge >= 0.3 is 5.97 Å². The van der Waals surface area contributed by atoms with Gasteiger partial charge in [0.15, 0.2) is 17.0 Å². The molecule has 1 aliphatic heterocycles. The molecule has 1 aliphatic rings. The van der Waals surface area contributed by atoms with Crippen molar-refractivity contribution >= 4 is 22.8 Å². The molecule has 0 unspecified atom stereocenters. The SMILES string of the molecule is CCCOc1cccc(C2=N[C@@](C)(C(=O)O)CS2)c1O. The first kappa shape index (κ1) is 14.7. The molecule has 0 amide bonds. The van der Waals surface area contributed by atoms with Crippen molar-refractivity contribution in [2.24, 2.45) is 4.99 Å². The number of hydrogen-bond donors (Lipinski definition) is 2. The first-order valence-electron chi connectivity index (χ1n) is 6.39. The van der Waals surface area contributed by atoms with Crippen molar-refractivity contribution in [1.82, 2.24) is 0 Å². The molecule has 1 heterocycles. The number of carboxylic acids is 1. The molecule has 0 saturated heterocycles. The molecule has 0 spiro atoms. The Balaban J connectivity index is 2.33. The fraction of sp³-hybridized carbons (Fsp3) is 0.429. The number of benzene rings is 1. The number of hydrogen-bond acceptors (Lipinski definition) is 5. The van der Waals surface area contributed by atoms with E-state index in [0.717, 1.165) is 6.42 Å². The molecule has 0 fully saturated rings. The van der Waals surface area contributed by atoms with Crippen LogP contribution in [-0.2, 0) is 4.79 Å². The highest BCUT2D eigenvalue weighted by Gasteiger charge is 2.39. The highest BCUT2D eigenvalue weighted by Crippen LogP contribution is 2.37. The summed E-state index contributed by atoms with van der Waals surface area (Å²) in [4.78, 5) is 15.4. The third-order valence-electron chi connectivity index (χ3n) is 2.99. The molecule has 1 atom stereocenters.